The van der Waals surface area contributed by atoms with Gasteiger partial charge in [-0.2, -0.15) is 0 Å². The van der Waals surface area contributed by atoms with Crippen LogP contribution >= 0.6 is 0 Å². The largest absolute Gasteiger partial charge is 0.481 e. The molecule has 0 aliphatic carbocycles. The van der Waals surface area contributed by atoms with E-state index in [9.17, 15) is 19.8 Å². The van der Waals surface area contributed by atoms with Gasteiger partial charge >= 0.3 is 11.9 Å². The second-order valence-corrected chi connectivity index (χ2v) is 6.10. The summed E-state index contributed by atoms with van der Waals surface area (Å²) in [6.07, 6.45) is 3.29. The van der Waals surface area contributed by atoms with Crippen LogP contribution in [0.15, 0.2) is 40.9 Å². The molecule has 1 heterocycles. The number of aliphatic imine (C=N–C) groups is 1. The number of unbranched alkanes of at least 4 members (excludes halogenated alkanes) is 2. The van der Waals surface area contributed by atoms with Gasteiger partial charge < -0.3 is 10.2 Å². The summed E-state index contributed by atoms with van der Waals surface area (Å²) >= 11 is 0. The van der Waals surface area contributed by atoms with E-state index in [1.54, 1.807) is 19.1 Å². The maximum atomic E-state index is 11.9. The third-order valence-electron chi connectivity index (χ3n) is 4.43. The lowest BCUT2D eigenvalue weighted by Gasteiger charge is -2.30. The molecule has 2 atom stereocenters. The lowest BCUT2D eigenvalue weighted by molar-refractivity contribution is -0.141. The highest BCUT2D eigenvalue weighted by Crippen LogP contribution is 2.38. The summed E-state index contributed by atoms with van der Waals surface area (Å²) < 4.78 is 0. The lowest BCUT2D eigenvalue weighted by Crippen LogP contribution is -2.36. The molecule has 0 spiro atoms. The first-order chi connectivity index (χ1) is 11.5. The molecule has 1 aromatic rings. The minimum atomic E-state index is -1.09. The van der Waals surface area contributed by atoms with Crippen molar-refractivity contribution in [1.82, 2.24) is 0 Å². The van der Waals surface area contributed by atoms with Gasteiger partial charge in [0.05, 0.1) is 11.3 Å². The van der Waals surface area contributed by atoms with Crippen molar-refractivity contribution >= 4 is 23.3 Å². The molecule has 0 fully saturated rings. The van der Waals surface area contributed by atoms with Crippen LogP contribution in [0.5, 0.6) is 0 Å². The maximum absolute atomic E-state index is 11.9. The van der Waals surface area contributed by atoms with Crippen molar-refractivity contribution in [2.45, 2.75) is 39.5 Å². The van der Waals surface area contributed by atoms with Gasteiger partial charge in [-0.25, -0.2) is 4.79 Å². The average Bonchev–Trinajstić information content (AvgIpc) is 2.54. The van der Waals surface area contributed by atoms with Crippen LogP contribution in [-0.4, -0.2) is 27.9 Å². The number of benzene rings is 1. The summed E-state index contributed by atoms with van der Waals surface area (Å²) in [5, 5.41) is 19.4. The van der Waals surface area contributed by atoms with Crippen LogP contribution in [0.25, 0.3) is 5.70 Å². The molecule has 0 radical (unpaired) electrons. The number of aliphatic carboxylic acids is 2. The van der Waals surface area contributed by atoms with Crippen molar-refractivity contribution in [3.05, 3.63) is 41.5 Å². The molecule has 0 saturated carbocycles. The van der Waals surface area contributed by atoms with Crippen molar-refractivity contribution in [2.24, 2.45) is 16.8 Å². The normalized spacial score (nSPS) is 20.7. The molecule has 0 saturated heterocycles. The number of carboxylic acid groups (broad SMARTS) is 2. The number of carboxylic acids is 2. The molecule has 5 nitrogen and oxygen atoms in total. The zero-order chi connectivity index (χ0) is 17.7. The van der Waals surface area contributed by atoms with Crippen LogP contribution in [-0.2, 0) is 9.59 Å². The fraction of sp³-hybridized carbons (Fsp3) is 0.421. The van der Waals surface area contributed by atoms with Crippen LogP contribution in [0, 0.1) is 11.8 Å². The molecule has 2 N–H and O–H groups in total. The summed E-state index contributed by atoms with van der Waals surface area (Å²) in [6.45, 7) is 3.73. The maximum Gasteiger partial charge on any atom is 0.334 e. The summed E-state index contributed by atoms with van der Waals surface area (Å²) in [5.74, 6) is -3.53. The van der Waals surface area contributed by atoms with E-state index in [1.807, 2.05) is 18.2 Å². The van der Waals surface area contributed by atoms with Crippen molar-refractivity contribution in [3.8, 4) is 0 Å². The molecular weight excluding hydrogens is 306 g/mol. The third-order valence-corrected chi connectivity index (χ3v) is 4.43. The molecular formula is C19H23NO4. The van der Waals surface area contributed by atoms with E-state index in [4.69, 9.17) is 0 Å². The average molecular weight is 329 g/mol. The molecule has 0 aromatic heterocycles. The van der Waals surface area contributed by atoms with Crippen molar-refractivity contribution in [1.29, 1.82) is 0 Å². The molecule has 5 heteroatoms. The minimum Gasteiger partial charge on any atom is -0.481 e. The fourth-order valence-electron chi connectivity index (χ4n) is 3.29. The first kappa shape index (κ1) is 17.9. The Bertz CT molecular complexity index is 676. The molecule has 128 valence electrons. The predicted molar refractivity (Wildman–Crippen MR) is 92.9 cm³/mol. The number of rotatable bonds is 7. The third kappa shape index (κ3) is 3.72. The molecule has 1 aliphatic rings. The quantitative estimate of drug-likeness (QED) is 0.744. The Labute approximate surface area is 141 Å². The zero-order valence-corrected chi connectivity index (χ0v) is 14.0. The van der Waals surface area contributed by atoms with Gasteiger partial charge in [-0.3, -0.25) is 9.79 Å². The predicted octanol–water partition coefficient (Wildman–Crippen LogP) is 3.85. The zero-order valence-electron chi connectivity index (χ0n) is 14.0. The summed E-state index contributed by atoms with van der Waals surface area (Å²) in [4.78, 5) is 28.0. The Morgan fingerprint density at radius 1 is 1.12 bits per heavy atom. The van der Waals surface area contributed by atoms with E-state index in [2.05, 4.69) is 11.9 Å². The highest BCUT2D eigenvalue weighted by Gasteiger charge is 2.40. The highest BCUT2D eigenvalue weighted by molar-refractivity contribution is 6.09. The van der Waals surface area contributed by atoms with Crippen molar-refractivity contribution in [3.63, 3.8) is 0 Å². The molecule has 2 unspecified atom stereocenters. The number of hydrogen-bond donors (Lipinski definition) is 2. The Kier molecular flexibility index (Phi) is 5.90. The summed E-state index contributed by atoms with van der Waals surface area (Å²) in [6, 6.07) is 9.10. The first-order valence-corrected chi connectivity index (χ1v) is 8.28. The molecule has 1 aliphatic heterocycles. The van der Waals surface area contributed by atoms with E-state index in [0.717, 1.165) is 19.3 Å². The fourth-order valence-corrected chi connectivity index (χ4v) is 3.29. The van der Waals surface area contributed by atoms with Crippen LogP contribution in [0.3, 0.4) is 0 Å². The Morgan fingerprint density at radius 2 is 1.79 bits per heavy atom. The highest BCUT2D eigenvalue weighted by atomic mass is 16.4. The second kappa shape index (κ2) is 7.90. The Morgan fingerprint density at radius 3 is 2.33 bits per heavy atom. The van der Waals surface area contributed by atoms with Gasteiger partial charge in [-0.05, 0) is 13.3 Å². The van der Waals surface area contributed by atoms with Crippen molar-refractivity contribution < 1.29 is 19.8 Å². The topological polar surface area (TPSA) is 87.0 Å². The molecule has 2 rings (SSSR count). The smallest absolute Gasteiger partial charge is 0.334 e. The molecule has 24 heavy (non-hydrogen) atoms. The van der Waals surface area contributed by atoms with Gasteiger partial charge in [0.25, 0.3) is 0 Å². The lowest BCUT2D eigenvalue weighted by atomic mass is 9.76. The second-order valence-electron chi connectivity index (χ2n) is 6.10. The van der Waals surface area contributed by atoms with E-state index in [1.165, 1.54) is 0 Å². The van der Waals surface area contributed by atoms with Gasteiger partial charge in [0.1, 0.15) is 5.92 Å². The first-order valence-electron chi connectivity index (χ1n) is 8.28. The number of carbonyl (C=O) groups is 2. The Hall–Kier alpha value is -2.43. The van der Waals surface area contributed by atoms with Gasteiger partial charge in [0.2, 0.25) is 0 Å². The molecule has 0 bridgehead atoms. The van der Waals surface area contributed by atoms with Crippen LogP contribution in [0.1, 0.15) is 45.1 Å². The van der Waals surface area contributed by atoms with Gasteiger partial charge in [0, 0.05) is 17.2 Å². The van der Waals surface area contributed by atoms with Crippen LogP contribution in [0.4, 0.5) is 0 Å². The summed E-state index contributed by atoms with van der Waals surface area (Å²) in [5.41, 5.74) is 1.68. The SMILES string of the molecule is CCCCCC1C(C(=O)O)=C(c2ccccc2)N=C(C)C1C(=O)O. The molecule has 0 amide bonds. The van der Waals surface area contributed by atoms with Gasteiger partial charge in [-0.15, -0.1) is 0 Å². The summed E-state index contributed by atoms with van der Waals surface area (Å²) in [7, 11) is 0. The van der Waals surface area contributed by atoms with Crippen LogP contribution in [0.2, 0.25) is 0 Å². The van der Waals surface area contributed by atoms with E-state index < -0.39 is 23.8 Å². The standard InChI is InChI=1S/C19H23NO4/c1-3-4-6-11-14-15(18(21)22)12(2)20-17(16(14)19(23)24)13-9-7-5-8-10-13/h5,7-10,14-15H,3-4,6,11H2,1-2H3,(H,21,22)(H,23,24). The van der Waals surface area contributed by atoms with Gasteiger partial charge in [-0.1, -0.05) is 56.5 Å². The van der Waals surface area contributed by atoms with Crippen molar-refractivity contribution in [2.75, 3.05) is 0 Å². The van der Waals surface area contributed by atoms with Gasteiger partial charge in [0.15, 0.2) is 0 Å². The van der Waals surface area contributed by atoms with E-state index in [0.29, 0.717) is 23.4 Å². The van der Waals surface area contributed by atoms with E-state index >= 15 is 0 Å². The van der Waals surface area contributed by atoms with E-state index in [-0.39, 0.29) is 5.57 Å². The minimum absolute atomic E-state index is 0.121. The number of nitrogens with zero attached hydrogens (tertiary/aromatic N) is 1. The number of hydrogen-bond acceptors (Lipinski definition) is 3. The molecule has 1 aromatic carbocycles. The Balaban J connectivity index is 2.55. The monoisotopic (exact) mass is 329 g/mol. The van der Waals surface area contributed by atoms with Crippen LogP contribution < -0.4 is 0 Å².